The molecule has 0 fully saturated rings. The molecule has 0 aliphatic heterocycles. The molecule has 0 saturated carbocycles. The summed E-state index contributed by atoms with van der Waals surface area (Å²) in [6, 6.07) is 3.49. The summed E-state index contributed by atoms with van der Waals surface area (Å²) < 4.78 is 0. The number of nitro groups is 1. The maximum absolute atomic E-state index is 11.1. The number of hydrogen-bond acceptors (Lipinski definition) is 3. The van der Waals surface area contributed by atoms with Crippen LogP contribution in [-0.4, -0.2) is 12.0 Å². The Bertz CT molecular complexity index is 426. The van der Waals surface area contributed by atoms with Crippen LogP contribution in [0.2, 0.25) is 0 Å². The molecular formula is C15H22N2O2. The van der Waals surface area contributed by atoms with Gasteiger partial charge in [0.2, 0.25) is 0 Å². The van der Waals surface area contributed by atoms with E-state index in [9.17, 15) is 10.1 Å². The van der Waals surface area contributed by atoms with Crippen LogP contribution in [0.15, 0.2) is 12.1 Å². The molecule has 1 aliphatic carbocycles. The first kappa shape index (κ1) is 13.8. The molecule has 0 spiro atoms. The first-order valence-corrected chi connectivity index (χ1v) is 7.20. The normalized spacial score (nSPS) is 16.5. The minimum atomic E-state index is -0.272. The maximum atomic E-state index is 11.1. The number of anilines is 1. The molecule has 0 aromatic heterocycles. The van der Waals surface area contributed by atoms with E-state index in [0.717, 1.165) is 42.5 Å². The number of hydrogen-bond donors (Lipinski definition) is 1. The summed E-state index contributed by atoms with van der Waals surface area (Å²) in [5.41, 5.74) is 3.57. The number of nitrogens with one attached hydrogen (secondary N) is 1. The summed E-state index contributed by atoms with van der Waals surface area (Å²) in [5, 5.41) is 14.3. The highest BCUT2D eigenvalue weighted by atomic mass is 16.6. The number of nitrogens with zero attached hydrogens (tertiary/aromatic N) is 1. The molecule has 4 nitrogen and oxygen atoms in total. The highest BCUT2D eigenvalue weighted by molar-refractivity contribution is 5.62. The summed E-state index contributed by atoms with van der Waals surface area (Å²) in [5.74, 6) is 0. The van der Waals surface area contributed by atoms with Crippen molar-refractivity contribution in [3.8, 4) is 0 Å². The molecule has 19 heavy (non-hydrogen) atoms. The second kappa shape index (κ2) is 6.55. The predicted molar refractivity (Wildman–Crippen MR) is 77.8 cm³/mol. The number of rotatable bonds is 2. The highest BCUT2D eigenvalue weighted by Gasteiger charge is 2.16. The Balaban J connectivity index is 2.40. The lowest BCUT2D eigenvalue weighted by Crippen LogP contribution is -2.03. The molecule has 0 radical (unpaired) electrons. The number of benzene rings is 1. The summed E-state index contributed by atoms with van der Waals surface area (Å²) in [6.07, 6.45) is 9.13. The Kier molecular flexibility index (Phi) is 4.77. The van der Waals surface area contributed by atoms with Crippen molar-refractivity contribution >= 4 is 11.4 Å². The number of nitro benzene ring substituents is 1. The van der Waals surface area contributed by atoms with Crippen LogP contribution in [0.1, 0.15) is 49.7 Å². The van der Waals surface area contributed by atoms with Crippen LogP contribution >= 0.6 is 0 Å². The Morgan fingerprint density at radius 2 is 1.47 bits per heavy atom. The molecule has 1 aromatic rings. The largest absolute Gasteiger partial charge is 0.388 e. The van der Waals surface area contributed by atoms with Crippen molar-refractivity contribution in [2.24, 2.45) is 0 Å². The minimum Gasteiger partial charge on any atom is -0.388 e. The van der Waals surface area contributed by atoms with Gasteiger partial charge in [-0.25, -0.2) is 0 Å². The van der Waals surface area contributed by atoms with E-state index < -0.39 is 0 Å². The molecule has 2 bridgehead atoms. The van der Waals surface area contributed by atoms with Crippen LogP contribution in [0.25, 0.3) is 0 Å². The van der Waals surface area contributed by atoms with Crippen LogP contribution in [0, 0.1) is 10.1 Å². The van der Waals surface area contributed by atoms with Gasteiger partial charge in [0, 0.05) is 24.9 Å². The lowest BCUT2D eigenvalue weighted by molar-refractivity contribution is -0.385. The number of fused-ring (bicyclic) bond motifs is 2. The van der Waals surface area contributed by atoms with Gasteiger partial charge in [-0.15, -0.1) is 0 Å². The van der Waals surface area contributed by atoms with Crippen molar-refractivity contribution in [3.63, 3.8) is 0 Å². The SMILES string of the molecule is CNc1c2cc([N+](=O)[O-])cc1CCCCCCCC2. The van der Waals surface area contributed by atoms with Gasteiger partial charge in [0.15, 0.2) is 0 Å². The maximum Gasteiger partial charge on any atom is 0.270 e. The molecule has 4 heteroatoms. The van der Waals surface area contributed by atoms with E-state index in [4.69, 9.17) is 0 Å². The molecule has 104 valence electrons. The van der Waals surface area contributed by atoms with Gasteiger partial charge in [0.05, 0.1) is 4.92 Å². The Morgan fingerprint density at radius 1 is 1.00 bits per heavy atom. The Morgan fingerprint density at radius 3 is 1.89 bits per heavy atom. The molecule has 1 aliphatic rings. The quantitative estimate of drug-likeness (QED) is 0.645. The van der Waals surface area contributed by atoms with Gasteiger partial charge in [-0.1, -0.05) is 25.7 Å². The Labute approximate surface area is 114 Å². The van der Waals surface area contributed by atoms with E-state index in [-0.39, 0.29) is 10.6 Å². The summed E-state index contributed by atoms with van der Waals surface area (Å²) in [4.78, 5) is 10.8. The number of aryl methyl sites for hydroxylation is 2. The van der Waals surface area contributed by atoms with E-state index in [2.05, 4.69) is 5.32 Å². The van der Waals surface area contributed by atoms with E-state index in [1.165, 1.54) is 25.7 Å². The van der Waals surface area contributed by atoms with Gasteiger partial charge in [-0.05, 0) is 36.8 Å². The smallest absolute Gasteiger partial charge is 0.270 e. The van der Waals surface area contributed by atoms with Gasteiger partial charge in [0.1, 0.15) is 0 Å². The third kappa shape index (κ3) is 3.46. The Hall–Kier alpha value is -1.58. The van der Waals surface area contributed by atoms with Crippen LogP contribution in [0.4, 0.5) is 11.4 Å². The molecule has 2 rings (SSSR count). The molecule has 0 atom stereocenters. The fourth-order valence-corrected chi connectivity index (χ4v) is 2.91. The lowest BCUT2D eigenvalue weighted by atomic mass is 9.98. The van der Waals surface area contributed by atoms with Gasteiger partial charge in [-0.2, -0.15) is 0 Å². The van der Waals surface area contributed by atoms with Crippen LogP contribution in [0.5, 0.6) is 0 Å². The van der Waals surface area contributed by atoms with Crippen molar-refractivity contribution in [2.45, 2.75) is 51.4 Å². The molecule has 0 heterocycles. The van der Waals surface area contributed by atoms with Crippen molar-refractivity contribution in [3.05, 3.63) is 33.4 Å². The third-order valence-corrected chi connectivity index (χ3v) is 3.89. The molecule has 1 aromatic carbocycles. The van der Waals surface area contributed by atoms with Gasteiger partial charge in [0.25, 0.3) is 5.69 Å². The van der Waals surface area contributed by atoms with Crippen molar-refractivity contribution < 1.29 is 4.92 Å². The summed E-state index contributed by atoms with van der Waals surface area (Å²) in [6.45, 7) is 0. The molecule has 0 saturated heterocycles. The second-order valence-electron chi connectivity index (χ2n) is 5.27. The van der Waals surface area contributed by atoms with E-state index in [1.54, 1.807) is 12.1 Å². The lowest BCUT2D eigenvalue weighted by Gasteiger charge is -2.14. The average Bonchev–Trinajstić information content (AvgIpc) is 2.42. The topological polar surface area (TPSA) is 55.2 Å². The van der Waals surface area contributed by atoms with E-state index in [1.807, 2.05) is 7.05 Å². The highest BCUT2D eigenvalue weighted by Crippen LogP contribution is 2.30. The zero-order chi connectivity index (χ0) is 13.7. The standard InChI is InChI=1S/C15H22N2O2/c1-16-15-12-8-6-4-2-3-5-7-9-13(15)11-14(10-12)17(18)19/h10-11,16H,2-9H2,1H3. The fourth-order valence-electron chi connectivity index (χ4n) is 2.91. The summed E-state index contributed by atoms with van der Waals surface area (Å²) >= 11 is 0. The first-order chi connectivity index (χ1) is 9.22. The minimum absolute atomic E-state index is 0.239. The van der Waals surface area contributed by atoms with Gasteiger partial charge in [-0.3, -0.25) is 10.1 Å². The van der Waals surface area contributed by atoms with Gasteiger partial charge >= 0.3 is 0 Å². The van der Waals surface area contributed by atoms with E-state index in [0.29, 0.717) is 0 Å². The molecule has 0 amide bonds. The van der Waals surface area contributed by atoms with Crippen LogP contribution < -0.4 is 5.32 Å². The zero-order valence-electron chi connectivity index (χ0n) is 11.6. The van der Waals surface area contributed by atoms with Crippen molar-refractivity contribution in [2.75, 3.05) is 12.4 Å². The predicted octanol–water partition coefficient (Wildman–Crippen LogP) is 4.08. The molecule has 1 N–H and O–H groups in total. The zero-order valence-corrected chi connectivity index (χ0v) is 11.6. The third-order valence-electron chi connectivity index (χ3n) is 3.89. The van der Waals surface area contributed by atoms with E-state index >= 15 is 0 Å². The first-order valence-electron chi connectivity index (χ1n) is 7.20. The second-order valence-corrected chi connectivity index (χ2v) is 5.27. The van der Waals surface area contributed by atoms with Crippen molar-refractivity contribution in [1.29, 1.82) is 0 Å². The van der Waals surface area contributed by atoms with Crippen molar-refractivity contribution in [1.82, 2.24) is 0 Å². The number of non-ortho nitro benzene ring substituents is 1. The summed E-state index contributed by atoms with van der Waals surface area (Å²) in [7, 11) is 1.91. The monoisotopic (exact) mass is 262 g/mol. The van der Waals surface area contributed by atoms with Crippen LogP contribution in [0.3, 0.4) is 0 Å². The fraction of sp³-hybridized carbons (Fsp3) is 0.600. The van der Waals surface area contributed by atoms with Gasteiger partial charge < -0.3 is 5.32 Å². The molecular weight excluding hydrogens is 240 g/mol. The van der Waals surface area contributed by atoms with Crippen LogP contribution in [-0.2, 0) is 12.8 Å². The average molecular weight is 262 g/mol. The molecule has 0 unspecified atom stereocenters.